The fourth-order valence-corrected chi connectivity index (χ4v) is 4.14. The van der Waals surface area contributed by atoms with Crippen LogP contribution in [0.3, 0.4) is 0 Å². The predicted octanol–water partition coefficient (Wildman–Crippen LogP) is 5.89. The van der Waals surface area contributed by atoms with Gasteiger partial charge < -0.3 is 4.74 Å². The fourth-order valence-electron chi connectivity index (χ4n) is 4.14. The van der Waals surface area contributed by atoms with Gasteiger partial charge in [0.1, 0.15) is 0 Å². The SMILES string of the molecule is COC(=O)C[C@H]1C[C@H](c2ccc(C(F)(F)F)cc2)CN(Cc2ccc(C(F)(F)F)cc2)C1. The molecule has 1 saturated heterocycles. The average Bonchev–Trinajstić information content (AvgIpc) is 2.72. The molecule has 1 aliphatic heterocycles. The van der Waals surface area contributed by atoms with Crippen molar-refractivity contribution in [2.45, 2.75) is 37.7 Å². The lowest BCUT2D eigenvalue weighted by Gasteiger charge is -2.38. The first-order chi connectivity index (χ1) is 15.0. The Labute approximate surface area is 182 Å². The number of nitrogens with zero attached hydrogens (tertiary/aromatic N) is 1. The molecule has 0 bridgehead atoms. The highest BCUT2D eigenvalue weighted by molar-refractivity contribution is 5.69. The van der Waals surface area contributed by atoms with Crippen molar-refractivity contribution in [1.82, 2.24) is 4.90 Å². The van der Waals surface area contributed by atoms with Crippen LogP contribution in [0.25, 0.3) is 0 Å². The van der Waals surface area contributed by atoms with Crippen molar-refractivity contribution < 1.29 is 35.9 Å². The Kier molecular flexibility index (Phi) is 7.17. The number of esters is 1. The van der Waals surface area contributed by atoms with Gasteiger partial charge in [-0.3, -0.25) is 9.69 Å². The average molecular weight is 459 g/mol. The van der Waals surface area contributed by atoms with Crippen LogP contribution in [0.1, 0.15) is 41.0 Å². The van der Waals surface area contributed by atoms with E-state index >= 15 is 0 Å². The summed E-state index contributed by atoms with van der Waals surface area (Å²) in [6, 6.07) is 9.87. The summed E-state index contributed by atoms with van der Waals surface area (Å²) in [5.74, 6) is -0.578. The van der Waals surface area contributed by atoms with Crippen LogP contribution in [0, 0.1) is 5.92 Å². The van der Waals surface area contributed by atoms with Crippen molar-refractivity contribution in [1.29, 1.82) is 0 Å². The molecule has 0 aromatic heterocycles. The Morgan fingerprint density at radius 2 is 1.44 bits per heavy atom. The molecule has 0 aliphatic carbocycles. The number of benzene rings is 2. The van der Waals surface area contributed by atoms with Crippen molar-refractivity contribution in [2.75, 3.05) is 20.2 Å². The Bertz CT molecular complexity index is 906. The van der Waals surface area contributed by atoms with E-state index in [4.69, 9.17) is 4.74 Å². The van der Waals surface area contributed by atoms with Crippen molar-refractivity contribution in [2.24, 2.45) is 5.92 Å². The maximum Gasteiger partial charge on any atom is 0.416 e. The van der Waals surface area contributed by atoms with Crippen molar-refractivity contribution in [3.05, 3.63) is 70.8 Å². The molecule has 174 valence electrons. The number of hydrogen-bond donors (Lipinski definition) is 0. The van der Waals surface area contributed by atoms with E-state index in [1.54, 1.807) is 0 Å². The third kappa shape index (κ3) is 6.25. The summed E-state index contributed by atoms with van der Waals surface area (Å²) in [7, 11) is 1.29. The zero-order valence-corrected chi connectivity index (χ0v) is 17.3. The van der Waals surface area contributed by atoms with Crippen molar-refractivity contribution in [3.8, 4) is 0 Å². The van der Waals surface area contributed by atoms with E-state index in [1.807, 2.05) is 4.90 Å². The summed E-state index contributed by atoms with van der Waals surface area (Å²) in [5.41, 5.74) is -0.0521. The lowest BCUT2D eigenvalue weighted by molar-refractivity contribution is -0.142. The first-order valence-corrected chi connectivity index (χ1v) is 10.1. The number of halogens is 6. The van der Waals surface area contributed by atoms with Crippen molar-refractivity contribution in [3.63, 3.8) is 0 Å². The summed E-state index contributed by atoms with van der Waals surface area (Å²) in [6.45, 7) is 1.42. The van der Waals surface area contributed by atoms with E-state index in [9.17, 15) is 31.1 Å². The highest BCUT2D eigenvalue weighted by atomic mass is 19.4. The molecular formula is C23H23F6NO2. The van der Waals surface area contributed by atoms with Crippen molar-refractivity contribution >= 4 is 5.97 Å². The molecule has 0 saturated carbocycles. The van der Waals surface area contributed by atoms with Gasteiger partial charge in [0.15, 0.2) is 0 Å². The molecule has 0 amide bonds. The van der Waals surface area contributed by atoms with Gasteiger partial charge in [-0.2, -0.15) is 26.3 Å². The summed E-state index contributed by atoms with van der Waals surface area (Å²) >= 11 is 0. The number of likely N-dealkylation sites (tertiary alicyclic amines) is 1. The molecule has 9 heteroatoms. The van der Waals surface area contributed by atoms with Crippen LogP contribution in [0.15, 0.2) is 48.5 Å². The lowest BCUT2D eigenvalue weighted by Crippen LogP contribution is -2.40. The standard InChI is InChI=1S/C23H23F6NO2/c1-32-21(31)11-16-10-18(17-4-8-20(9-5-17)23(27,28)29)14-30(13-16)12-15-2-6-19(7-3-15)22(24,25)26/h2-9,16,18H,10-14H2,1H3/t16-,18+/m1/s1. The molecule has 1 aliphatic rings. The van der Waals surface area contributed by atoms with Gasteiger partial charge in [0.05, 0.1) is 18.2 Å². The number of methoxy groups -OCH3 is 1. The maximum absolute atomic E-state index is 12.9. The van der Waals surface area contributed by atoms with Crippen LogP contribution in [-0.2, 0) is 28.4 Å². The Balaban J connectivity index is 1.77. The van der Waals surface area contributed by atoms with Gasteiger partial charge in [0.25, 0.3) is 0 Å². The number of carbonyl (C=O) groups excluding carboxylic acids is 1. The van der Waals surface area contributed by atoms with Crippen LogP contribution < -0.4 is 0 Å². The molecule has 3 nitrogen and oxygen atoms in total. The second-order valence-electron chi connectivity index (χ2n) is 8.09. The van der Waals surface area contributed by atoms with Gasteiger partial charge in [-0.05, 0) is 53.6 Å². The highest BCUT2D eigenvalue weighted by Gasteiger charge is 2.33. The van der Waals surface area contributed by atoms with Crippen LogP contribution >= 0.6 is 0 Å². The predicted molar refractivity (Wildman–Crippen MR) is 106 cm³/mol. The fraction of sp³-hybridized carbons (Fsp3) is 0.435. The number of piperidine rings is 1. The zero-order chi connectivity index (χ0) is 23.5. The van der Waals surface area contributed by atoms with Gasteiger partial charge in [-0.1, -0.05) is 24.3 Å². The Morgan fingerprint density at radius 1 is 0.906 bits per heavy atom. The third-order valence-corrected chi connectivity index (χ3v) is 5.69. The van der Waals surface area contributed by atoms with Crippen LogP contribution in [0.5, 0.6) is 0 Å². The first kappa shape index (κ1) is 24.1. The number of alkyl halides is 6. The molecule has 2 aromatic rings. The number of carbonyl (C=O) groups is 1. The van der Waals surface area contributed by atoms with E-state index < -0.39 is 23.5 Å². The van der Waals surface area contributed by atoms with Gasteiger partial charge in [0, 0.05) is 26.1 Å². The first-order valence-electron chi connectivity index (χ1n) is 10.1. The van der Waals surface area contributed by atoms with Gasteiger partial charge in [0.2, 0.25) is 0 Å². The number of hydrogen-bond acceptors (Lipinski definition) is 3. The largest absolute Gasteiger partial charge is 0.469 e. The summed E-state index contributed by atoms with van der Waals surface area (Å²) in [5, 5.41) is 0. The molecule has 1 heterocycles. The second kappa shape index (κ2) is 9.52. The van der Waals surface area contributed by atoms with Gasteiger partial charge in [-0.15, -0.1) is 0 Å². The van der Waals surface area contributed by atoms with Crippen LogP contribution in [0.2, 0.25) is 0 Å². The summed E-state index contributed by atoms with van der Waals surface area (Å²) in [4.78, 5) is 13.8. The topological polar surface area (TPSA) is 29.5 Å². The molecule has 0 N–H and O–H groups in total. The van der Waals surface area contributed by atoms with Gasteiger partial charge in [-0.25, -0.2) is 0 Å². The second-order valence-corrected chi connectivity index (χ2v) is 8.09. The summed E-state index contributed by atoms with van der Waals surface area (Å²) < 4.78 is 81.8. The third-order valence-electron chi connectivity index (χ3n) is 5.69. The Hall–Kier alpha value is -2.55. The number of ether oxygens (including phenoxy) is 1. The summed E-state index contributed by atoms with van der Waals surface area (Å²) in [6.07, 6.45) is -8.07. The number of rotatable bonds is 5. The molecule has 2 aromatic carbocycles. The molecule has 32 heavy (non-hydrogen) atoms. The molecule has 1 fully saturated rings. The molecular weight excluding hydrogens is 436 g/mol. The van der Waals surface area contributed by atoms with E-state index in [-0.39, 0.29) is 24.2 Å². The monoisotopic (exact) mass is 459 g/mol. The van der Waals surface area contributed by atoms with Crippen LogP contribution in [-0.4, -0.2) is 31.1 Å². The lowest BCUT2D eigenvalue weighted by atomic mass is 9.82. The molecule has 0 unspecified atom stereocenters. The minimum absolute atomic E-state index is 0.0852. The van der Waals surface area contributed by atoms with E-state index in [0.717, 1.165) is 29.8 Å². The van der Waals surface area contributed by atoms with E-state index in [0.29, 0.717) is 31.6 Å². The van der Waals surface area contributed by atoms with Gasteiger partial charge >= 0.3 is 18.3 Å². The minimum atomic E-state index is -4.42. The normalized spacial score (nSPS) is 20.2. The molecule has 3 rings (SSSR count). The maximum atomic E-state index is 12.9. The molecule has 0 radical (unpaired) electrons. The van der Waals surface area contributed by atoms with Crippen LogP contribution in [0.4, 0.5) is 26.3 Å². The zero-order valence-electron chi connectivity index (χ0n) is 17.3. The van der Waals surface area contributed by atoms with E-state index in [2.05, 4.69) is 0 Å². The quantitative estimate of drug-likeness (QED) is 0.412. The minimum Gasteiger partial charge on any atom is -0.469 e. The molecule has 0 spiro atoms. The smallest absolute Gasteiger partial charge is 0.416 e. The molecule has 2 atom stereocenters. The Morgan fingerprint density at radius 3 is 1.94 bits per heavy atom. The highest BCUT2D eigenvalue weighted by Crippen LogP contribution is 2.35. The van der Waals surface area contributed by atoms with E-state index in [1.165, 1.54) is 31.4 Å².